The highest BCUT2D eigenvalue weighted by Gasteiger charge is 2.49. The number of aromatic hydroxyl groups is 1. The molecule has 3 heterocycles. The predicted octanol–water partition coefficient (Wildman–Crippen LogP) is 3.27. The van der Waals surface area contributed by atoms with Gasteiger partial charge in [-0.15, -0.1) is 0 Å². The molecule has 2 aromatic carbocycles. The van der Waals surface area contributed by atoms with Crippen molar-refractivity contribution in [3.8, 4) is 29.1 Å². The minimum Gasteiger partial charge on any atom is -0.493 e. The molecule has 2 aliphatic rings. The lowest BCUT2D eigenvalue weighted by molar-refractivity contribution is -0.132. The number of fused-ring (bicyclic) bond motifs is 5. The fourth-order valence-corrected chi connectivity index (χ4v) is 5.41. The summed E-state index contributed by atoms with van der Waals surface area (Å²) in [5.41, 5.74) is 2.02. The van der Waals surface area contributed by atoms with Gasteiger partial charge in [0.15, 0.2) is 11.5 Å². The van der Waals surface area contributed by atoms with Gasteiger partial charge in [0, 0.05) is 6.54 Å². The molecule has 9 nitrogen and oxygen atoms in total. The molecule has 0 spiro atoms. The third-order valence-corrected chi connectivity index (χ3v) is 7.39. The summed E-state index contributed by atoms with van der Waals surface area (Å²) < 4.78 is 13.4. The van der Waals surface area contributed by atoms with Gasteiger partial charge in [-0.1, -0.05) is 17.7 Å². The Morgan fingerprint density at radius 2 is 1.97 bits per heavy atom. The summed E-state index contributed by atoms with van der Waals surface area (Å²) in [6.45, 7) is 2.08. The number of carbonyl (C=O) groups is 1. The largest absolute Gasteiger partial charge is 0.493 e. The van der Waals surface area contributed by atoms with Crippen molar-refractivity contribution in [1.82, 2.24) is 14.0 Å². The minimum atomic E-state index is -0.407. The zero-order chi connectivity index (χ0) is 25.0. The van der Waals surface area contributed by atoms with Crippen LogP contribution in [0.1, 0.15) is 40.9 Å². The van der Waals surface area contributed by atoms with Crippen molar-refractivity contribution in [2.45, 2.75) is 31.8 Å². The second kappa shape index (κ2) is 8.40. The summed E-state index contributed by atoms with van der Waals surface area (Å²) in [5.74, 6) is 0.807. The number of benzene rings is 2. The highest BCUT2D eigenvalue weighted by Crippen LogP contribution is 2.49. The Balaban J connectivity index is 1.47. The van der Waals surface area contributed by atoms with Crippen LogP contribution in [0.15, 0.2) is 35.1 Å². The van der Waals surface area contributed by atoms with E-state index in [2.05, 4.69) is 0 Å². The van der Waals surface area contributed by atoms with Gasteiger partial charge in [0.1, 0.15) is 11.8 Å². The lowest BCUT2D eigenvalue weighted by atomic mass is 10.1. The van der Waals surface area contributed by atoms with Crippen molar-refractivity contribution in [3.63, 3.8) is 0 Å². The smallest absolute Gasteiger partial charge is 0.336 e. The number of nitrogens with zero attached hydrogens (tertiary/aromatic N) is 4. The lowest BCUT2D eigenvalue weighted by Crippen LogP contribution is -2.38. The van der Waals surface area contributed by atoms with Crippen LogP contribution >= 0.6 is 11.6 Å². The number of aromatic nitrogens is 2. The Morgan fingerprint density at radius 3 is 2.66 bits per heavy atom. The number of hydrogen-bond acceptors (Lipinski definition) is 6. The molecule has 2 bridgehead atoms. The van der Waals surface area contributed by atoms with Gasteiger partial charge in [0.25, 0.3) is 0 Å². The van der Waals surface area contributed by atoms with E-state index in [1.807, 2.05) is 12.1 Å². The van der Waals surface area contributed by atoms with Gasteiger partial charge in [-0.2, -0.15) is 5.26 Å². The van der Waals surface area contributed by atoms with Crippen molar-refractivity contribution >= 4 is 17.5 Å². The van der Waals surface area contributed by atoms with Gasteiger partial charge in [-0.05, 0) is 48.7 Å². The lowest BCUT2D eigenvalue weighted by Gasteiger charge is -2.28. The maximum atomic E-state index is 13.3. The number of amides is 1. The first-order chi connectivity index (χ1) is 16.8. The molecule has 0 radical (unpaired) electrons. The molecule has 10 heteroatoms. The fourth-order valence-electron chi connectivity index (χ4n) is 5.21. The van der Waals surface area contributed by atoms with Gasteiger partial charge in [0.05, 0.1) is 49.0 Å². The Morgan fingerprint density at radius 1 is 1.23 bits per heavy atom. The van der Waals surface area contributed by atoms with E-state index < -0.39 is 6.04 Å². The van der Waals surface area contributed by atoms with E-state index in [1.165, 1.54) is 10.6 Å². The summed E-state index contributed by atoms with van der Waals surface area (Å²) in [5, 5.41) is 20.6. The quantitative estimate of drug-likeness (QED) is 0.583. The molecular weight excluding hydrogens is 472 g/mol. The summed E-state index contributed by atoms with van der Waals surface area (Å²) in [6, 6.07) is 9.84. The molecule has 1 amide bonds. The van der Waals surface area contributed by atoms with Gasteiger partial charge < -0.3 is 19.5 Å². The third kappa shape index (κ3) is 3.36. The Bertz CT molecular complexity index is 1470. The summed E-state index contributed by atoms with van der Waals surface area (Å²) >= 11 is 6.30. The van der Waals surface area contributed by atoms with E-state index >= 15 is 0 Å². The van der Waals surface area contributed by atoms with Crippen LogP contribution in [0.25, 0.3) is 5.69 Å². The SMILES string of the molecule is COc1ccc(CC(=O)N2C[C@@H]3C[C@H]2c2c(O)n(-c4ccc(C#N)c(Cl)c4C)c(=O)n23)cc1OC. The molecule has 0 unspecified atom stereocenters. The first-order valence-corrected chi connectivity index (χ1v) is 11.4. The number of nitriles is 1. The zero-order valence-electron chi connectivity index (χ0n) is 19.4. The topological polar surface area (TPSA) is 110 Å². The van der Waals surface area contributed by atoms with Gasteiger partial charge >= 0.3 is 5.69 Å². The molecule has 1 aromatic heterocycles. The van der Waals surface area contributed by atoms with Crippen molar-refractivity contribution in [1.29, 1.82) is 5.26 Å². The maximum absolute atomic E-state index is 13.3. The van der Waals surface area contributed by atoms with Crippen molar-refractivity contribution in [2.75, 3.05) is 20.8 Å². The van der Waals surface area contributed by atoms with Crippen LogP contribution in [0.3, 0.4) is 0 Å². The van der Waals surface area contributed by atoms with Crippen LogP contribution in [0.2, 0.25) is 5.02 Å². The molecule has 2 atom stereocenters. The minimum absolute atomic E-state index is 0.104. The van der Waals surface area contributed by atoms with Gasteiger partial charge in [-0.3, -0.25) is 9.36 Å². The number of imidazole rings is 1. The Hall–Kier alpha value is -3.90. The molecule has 0 saturated carbocycles. The Kier molecular flexibility index (Phi) is 5.49. The van der Waals surface area contributed by atoms with Gasteiger partial charge in [0.2, 0.25) is 11.8 Å². The summed E-state index contributed by atoms with van der Waals surface area (Å²) in [6.07, 6.45) is 0.726. The molecule has 1 N–H and O–H groups in total. The molecule has 3 aromatic rings. The van der Waals surface area contributed by atoms with Crippen molar-refractivity contribution in [3.05, 3.63) is 68.2 Å². The first-order valence-electron chi connectivity index (χ1n) is 11.1. The molecule has 180 valence electrons. The molecule has 2 aliphatic heterocycles. The van der Waals surface area contributed by atoms with Crippen LogP contribution < -0.4 is 15.2 Å². The molecule has 5 rings (SSSR count). The monoisotopic (exact) mass is 494 g/mol. The number of carbonyl (C=O) groups excluding carboxylic acids is 1. The van der Waals surface area contributed by atoms with Crippen molar-refractivity contribution in [2.24, 2.45) is 0 Å². The molecular formula is C25H23ClN4O5. The van der Waals surface area contributed by atoms with Crippen LogP contribution in [-0.4, -0.2) is 45.8 Å². The summed E-state index contributed by atoms with van der Waals surface area (Å²) in [4.78, 5) is 28.3. The highest BCUT2D eigenvalue weighted by molar-refractivity contribution is 6.32. The van der Waals surface area contributed by atoms with Crippen LogP contribution in [0.4, 0.5) is 0 Å². The molecule has 1 saturated heterocycles. The molecule has 35 heavy (non-hydrogen) atoms. The summed E-state index contributed by atoms with van der Waals surface area (Å²) in [7, 11) is 3.09. The van der Waals surface area contributed by atoms with E-state index in [-0.39, 0.29) is 35.0 Å². The average Bonchev–Trinajstić information content (AvgIpc) is 3.52. The van der Waals surface area contributed by atoms with Crippen molar-refractivity contribution < 1.29 is 19.4 Å². The number of rotatable bonds is 5. The maximum Gasteiger partial charge on any atom is 0.336 e. The van der Waals surface area contributed by atoms with E-state index in [9.17, 15) is 20.0 Å². The zero-order valence-corrected chi connectivity index (χ0v) is 20.2. The number of hydrogen-bond donors (Lipinski definition) is 1. The first kappa shape index (κ1) is 22.9. The normalized spacial score (nSPS) is 17.9. The second-order valence-corrected chi connectivity index (χ2v) is 9.08. The number of methoxy groups -OCH3 is 2. The van der Waals surface area contributed by atoms with Crippen LogP contribution in [-0.2, 0) is 11.2 Å². The molecule has 0 aliphatic carbocycles. The van der Waals surface area contributed by atoms with E-state index in [0.717, 1.165) is 5.56 Å². The predicted molar refractivity (Wildman–Crippen MR) is 128 cm³/mol. The van der Waals surface area contributed by atoms with E-state index in [0.29, 0.717) is 47.0 Å². The second-order valence-electron chi connectivity index (χ2n) is 8.70. The Labute approximate surface area is 206 Å². The van der Waals surface area contributed by atoms with E-state index in [4.69, 9.17) is 21.1 Å². The standard InChI is InChI=1S/C25H23ClN4O5/c1-13-17(6-5-15(11-27)22(13)26)30-24(32)23-18-10-16(29(23)25(30)33)12-28(18)21(31)9-14-4-7-19(34-2)20(8-14)35-3/h4-8,16,18,32H,9-10,12H2,1-3H3/t16-,18-/m0/s1. The molecule has 1 fully saturated rings. The highest BCUT2D eigenvalue weighted by atomic mass is 35.5. The average molecular weight is 495 g/mol. The number of likely N-dealkylation sites (tertiary alicyclic amines) is 1. The van der Waals surface area contributed by atoms with Crippen LogP contribution in [0.5, 0.6) is 17.4 Å². The number of ether oxygens (including phenoxy) is 2. The van der Waals surface area contributed by atoms with E-state index in [1.54, 1.807) is 48.8 Å². The third-order valence-electron chi connectivity index (χ3n) is 6.90. The fraction of sp³-hybridized carbons (Fsp3) is 0.320. The van der Waals surface area contributed by atoms with Gasteiger partial charge in [-0.25, -0.2) is 9.36 Å². The number of halogens is 1. The van der Waals surface area contributed by atoms with Crippen LogP contribution in [0, 0.1) is 18.3 Å².